The summed E-state index contributed by atoms with van der Waals surface area (Å²) in [5.74, 6) is 2.79. The highest BCUT2D eigenvalue weighted by atomic mass is 16.5. The molecule has 1 heterocycles. The minimum atomic E-state index is 0.865. The van der Waals surface area contributed by atoms with E-state index >= 15 is 0 Å². The second kappa shape index (κ2) is 7.27. The van der Waals surface area contributed by atoms with E-state index < -0.39 is 0 Å². The molecular weight excluding hydrogens is 184 g/mol. The normalized spacial score (nSPS) is 20.8. The van der Waals surface area contributed by atoms with E-state index in [2.05, 4.69) is 20.8 Å². The van der Waals surface area contributed by atoms with Gasteiger partial charge in [-0.3, -0.25) is 0 Å². The standard InChI is InChI=1S/C14H28O/c1-4-5-13(7-6-12(2)3)14-8-10-15-11-9-14/h12-14H,4-11H2,1-3H3. The van der Waals surface area contributed by atoms with E-state index in [1.54, 1.807) is 0 Å². The Morgan fingerprint density at radius 3 is 2.27 bits per heavy atom. The lowest BCUT2D eigenvalue weighted by molar-refractivity contribution is 0.0420. The molecule has 0 aromatic heterocycles. The van der Waals surface area contributed by atoms with Crippen molar-refractivity contribution in [1.82, 2.24) is 0 Å². The zero-order chi connectivity index (χ0) is 11.1. The van der Waals surface area contributed by atoms with E-state index in [1.165, 1.54) is 38.5 Å². The van der Waals surface area contributed by atoms with Gasteiger partial charge in [0, 0.05) is 13.2 Å². The van der Waals surface area contributed by atoms with Crippen LogP contribution in [0.4, 0.5) is 0 Å². The van der Waals surface area contributed by atoms with Gasteiger partial charge in [0.05, 0.1) is 0 Å². The molecule has 0 spiro atoms. The van der Waals surface area contributed by atoms with Crippen LogP contribution in [0, 0.1) is 17.8 Å². The first kappa shape index (κ1) is 13.0. The Balaban J connectivity index is 2.33. The summed E-state index contributed by atoms with van der Waals surface area (Å²) in [7, 11) is 0. The summed E-state index contributed by atoms with van der Waals surface area (Å²) in [6.45, 7) is 9.01. The van der Waals surface area contributed by atoms with Crippen LogP contribution >= 0.6 is 0 Å². The van der Waals surface area contributed by atoms with Crippen LogP contribution in [0.15, 0.2) is 0 Å². The first-order valence-corrected chi connectivity index (χ1v) is 6.81. The highest BCUT2D eigenvalue weighted by Gasteiger charge is 2.23. The minimum absolute atomic E-state index is 0.865. The van der Waals surface area contributed by atoms with E-state index in [9.17, 15) is 0 Å². The third-order valence-electron chi connectivity index (χ3n) is 3.71. The third-order valence-corrected chi connectivity index (χ3v) is 3.71. The Morgan fingerprint density at radius 2 is 1.73 bits per heavy atom. The predicted octanol–water partition coefficient (Wildman–Crippen LogP) is 4.27. The first-order valence-electron chi connectivity index (χ1n) is 6.81. The second-order valence-electron chi connectivity index (χ2n) is 5.47. The Kier molecular flexibility index (Phi) is 6.31. The largest absolute Gasteiger partial charge is 0.381 e. The number of ether oxygens (including phenoxy) is 1. The van der Waals surface area contributed by atoms with Crippen LogP contribution in [0.25, 0.3) is 0 Å². The Hall–Kier alpha value is -0.0400. The maximum Gasteiger partial charge on any atom is 0.0468 e. The highest BCUT2D eigenvalue weighted by molar-refractivity contribution is 4.73. The van der Waals surface area contributed by atoms with Crippen molar-refractivity contribution >= 4 is 0 Å². The molecular formula is C14H28O. The van der Waals surface area contributed by atoms with E-state index in [4.69, 9.17) is 4.74 Å². The molecule has 1 rings (SSSR count). The van der Waals surface area contributed by atoms with Crippen LogP contribution in [0.2, 0.25) is 0 Å². The maximum atomic E-state index is 5.45. The quantitative estimate of drug-likeness (QED) is 0.639. The van der Waals surface area contributed by atoms with E-state index in [-0.39, 0.29) is 0 Å². The van der Waals surface area contributed by atoms with Crippen molar-refractivity contribution in [3.63, 3.8) is 0 Å². The van der Waals surface area contributed by atoms with Crippen LogP contribution in [0.3, 0.4) is 0 Å². The van der Waals surface area contributed by atoms with Gasteiger partial charge in [-0.05, 0) is 37.0 Å². The summed E-state index contributed by atoms with van der Waals surface area (Å²) in [6, 6.07) is 0. The monoisotopic (exact) mass is 212 g/mol. The number of rotatable bonds is 6. The summed E-state index contributed by atoms with van der Waals surface area (Å²) < 4.78 is 5.45. The molecule has 1 nitrogen and oxygen atoms in total. The molecule has 0 amide bonds. The fourth-order valence-corrected chi connectivity index (χ4v) is 2.72. The summed E-state index contributed by atoms with van der Waals surface area (Å²) >= 11 is 0. The molecule has 1 atom stereocenters. The molecule has 0 N–H and O–H groups in total. The predicted molar refractivity (Wildman–Crippen MR) is 66.0 cm³/mol. The Labute approximate surface area is 95.6 Å². The van der Waals surface area contributed by atoms with Gasteiger partial charge in [-0.2, -0.15) is 0 Å². The van der Waals surface area contributed by atoms with E-state index in [1.807, 2.05) is 0 Å². The SMILES string of the molecule is CCCC(CCC(C)C)C1CCOCC1. The fraction of sp³-hybridized carbons (Fsp3) is 1.00. The van der Waals surface area contributed by atoms with Crippen molar-refractivity contribution in [3.05, 3.63) is 0 Å². The first-order chi connectivity index (χ1) is 7.24. The maximum absolute atomic E-state index is 5.45. The van der Waals surface area contributed by atoms with E-state index in [0.717, 1.165) is 31.0 Å². The molecule has 90 valence electrons. The average Bonchev–Trinajstić information content (AvgIpc) is 2.25. The Bertz CT molecular complexity index is 147. The van der Waals surface area contributed by atoms with Crippen LogP contribution in [-0.2, 0) is 4.74 Å². The fourth-order valence-electron chi connectivity index (χ4n) is 2.72. The average molecular weight is 212 g/mol. The lowest BCUT2D eigenvalue weighted by Gasteiger charge is -2.30. The van der Waals surface area contributed by atoms with Crippen molar-refractivity contribution < 1.29 is 4.74 Å². The van der Waals surface area contributed by atoms with Crippen molar-refractivity contribution in [1.29, 1.82) is 0 Å². The molecule has 0 aromatic carbocycles. The van der Waals surface area contributed by atoms with Gasteiger partial charge in [-0.1, -0.05) is 40.0 Å². The minimum Gasteiger partial charge on any atom is -0.381 e. The lowest BCUT2D eigenvalue weighted by Crippen LogP contribution is -2.23. The van der Waals surface area contributed by atoms with E-state index in [0.29, 0.717) is 0 Å². The van der Waals surface area contributed by atoms with Gasteiger partial charge in [-0.15, -0.1) is 0 Å². The van der Waals surface area contributed by atoms with Crippen molar-refractivity contribution in [2.75, 3.05) is 13.2 Å². The number of hydrogen-bond donors (Lipinski definition) is 0. The summed E-state index contributed by atoms with van der Waals surface area (Å²) in [5.41, 5.74) is 0. The van der Waals surface area contributed by atoms with Crippen LogP contribution in [0.5, 0.6) is 0 Å². The Morgan fingerprint density at radius 1 is 1.07 bits per heavy atom. The summed E-state index contributed by atoms with van der Waals surface area (Å²) in [6.07, 6.45) is 8.24. The van der Waals surface area contributed by atoms with Crippen molar-refractivity contribution in [2.45, 2.75) is 59.3 Å². The molecule has 1 fully saturated rings. The molecule has 1 saturated heterocycles. The van der Waals surface area contributed by atoms with Gasteiger partial charge in [0.2, 0.25) is 0 Å². The van der Waals surface area contributed by atoms with Gasteiger partial charge in [0.25, 0.3) is 0 Å². The summed E-state index contributed by atoms with van der Waals surface area (Å²) in [5, 5.41) is 0. The lowest BCUT2D eigenvalue weighted by atomic mass is 9.79. The third kappa shape index (κ3) is 5.01. The second-order valence-corrected chi connectivity index (χ2v) is 5.47. The molecule has 0 saturated carbocycles. The van der Waals surface area contributed by atoms with Crippen molar-refractivity contribution in [3.8, 4) is 0 Å². The molecule has 1 heteroatoms. The van der Waals surface area contributed by atoms with Crippen LogP contribution in [-0.4, -0.2) is 13.2 Å². The van der Waals surface area contributed by atoms with Crippen LogP contribution < -0.4 is 0 Å². The van der Waals surface area contributed by atoms with Gasteiger partial charge in [0.1, 0.15) is 0 Å². The molecule has 1 aliphatic rings. The van der Waals surface area contributed by atoms with Gasteiger partial charge in [0.15, 0.2) is 0 Å². The van der Waals surface area contributed by atoms with Crippen molar-refractivity contribution in [2.24, 2.45) is 17.8 Å². The van der Waals surface area contributed by atoms with Crippen LogP contribution in [0.1, 0.15) is 59.3 Å². The van der Waals surface area contributed by atoms with Gasteiger partial charge < -0.3 is 4.74 Å². The molecule has 0 aromatic rings. The number of hydrogen-bond acceptors (Lipinski definition) is 1. The molecule has 15 heavy (non-hydrogen) atoms. The topological polar surface area (TPSA) is 9.23 Å². The zero-order valence-electron chi connectivity index (χ0n) is 10.8. The molecule has 1 unspecified atom stereocenters. The molecule has 0 bridgehead atoms. The van der Waals surface area contributed by atoms with Gasteiger partial charge >= 0.3 is 0 Å². The zero-order valence-corrected chi connectivity index (χ0v) is 10.8. The molecule has 0 aliphatic carbocycles. The summed E-state index contributed by atoms with van der Waals surface area (Å²) in [4.78, 5) is 0. The molecule has 0 radical (unpaired) electrons. The molecule has 1 aliphatic heterocycles. The highest BCUT2D eigenvalue weighted by Crippen LogP contribution is 2.31. The van der Waals surface area contributed by atoms with Gasteiger partial charge in [-0.25, -0.2) is 0 Å². The smallest absolute Gasteiger partial charge is 0.0468 e.